The van der Waals surface area contributed by atoms with Crippen molar-refractivity contribution in [2.45, 2.75) is 26.4 Å². The first kappa shape index (κ1) is 20.5. The van der Waals surface area contributed by atoms with Gasteiger partial charge in [0.1, 0.15) is 4.88 Å². The van der Waals surface area contributed by atoms with Crippen LogP contribution >= 0.6 is 11.3 Å². The van der Waals surface area contributed by atoms with Gasteiger partial charge in [-0.15, -0.1) is 11.3 Å². The van der Waals surface area contributed by atoms with E-state index in [0.717, 1.165) is 16.9 Å². The highest BCUT2D eigenvalue weighted by Crippen LogP contribution is 2.24. The number of anilines is 1. The third-order valence-electron chi connectivity index (χ3n) is 4.42. The average molecular weight is 437 g/mol. The largest absolute Gasteiger partial charge is 0.459 e. The summed E-state index contributed by atoms with van der Waals surface area (Å²) in [4.78, 5) is 28.9. The molecule has 0 aliphatic heterocycles. The summed E-state index contributed by atoms with van der Waals surface area (Å²) in [5, 5.41) is 7.10. The molecule has 1 N–H and O–H groups in total. The van der Waals surface area contributed by atoms with Crippen LogP contribution < -0.4 is 5.32 Å². The Morgan fingerprint density at radius 3 is 2.65 bits per heavy atom. The molecule has 1 aromatic carbocycles. The highest BCUT2D eigenvalue weighted by Gasteiger charge is 2.16. The molecule has 0 radical (unpaired) electrons. The SMILES string of the molecule is CC(C)c1ccc(-c2noc(COC(=O)c3ccc(NC(=O)c4ccco4)s3)n2)cc1. The maximum absolute atomic E-state index is 12.3. The topological polar surface area (TPSA) is 107 Å². The summed E-state index contributed by atoms with van der Waals surface area (Å²) >= 11 is 1.09. The van der Waals surface area contributed by atoms with Crippen LogP contribution in [0.1, 0.15) is 51.4 Å². The zero-order valence-electron chi connectivity index (χ0n) is 16.8. The van der Waals surface area contributed by atoms with Crippen molar-refractivity contribution in [3.8, 4) is 11.4 Å². The summed E-state index contributed by atoms with van der Waals surface area (Å²) in [7, 11) is 0. The van der Waals surface area contributed by atoms with Crippen molar-refractivity contribution < 1.29 is 23.3 Å². The Balaban J connectivity index is 1.33. The zero-order chi connectivity index (χ0) is 21.8. The van der Waals surface area contributed by atoms with Gasteiger partial charge in [0.25, 0.3) is 11.8 Å². The number of carbonyl (C=O) groups is 2. The maximum Gasteiger partial charge on any atom is 0.348 e. The van der Waals surface area contributed by atoms with E-state index in [-0.39, 0.29) is 18.3 Å². The van der Waals surface area contributed by atoms with Gasteiger partial charge in [0, 0.05) is 5.56 Å². The molecule has 0 saturated carbocycles. The molecular weight excluding hydrogens is 418 g/mol. The van der Waals surface area contributed by atoms with E-state index in [1.54, 1.807) is 24.3 Å². The van der Waals surface area contributed by atoms with Crippen LogP contribution in [0.15, 0.2) is 63.7 Å². The Kier molecular flexibility index (Phi) is 5.94. The minimum atomic E-state index is -0.551. The summed E-state index contributed by atoms with van der Waals surface area (Å²) in [5.41, 5.74) is 2.04. The number of hydrogen-bond acceptors (Lipinski definition) is 8. The molecule has 3 aromatic heterocycles. The number of carbonyl (C=O) groups excluding carboxylic acids is 2. The summed E-state index contributed by atoms with van der Waals surface area (Å²) < 4.78 is 15.5. The van der Waals surface area contributed by atoms with Crippen LogP contribution in [0.5, 0.6) is 0 Å². The van der Waals surface area contributed by atoms with E-state index in [2.05, 4.69) is 29.3 Å². The fraction of sp³-hybridized carbons (Fsp3) is 0.182. The van der Waals surface area contributed by atoms with Crippen molar-refractivity contribution in [2.75, 3.05) is 5.32 Å². The lowest BCUT2D eigenvalue weighted by molar-refractivity contribution is 0.0435. The van der Waals surface area contributed by atoms with Crippen LogP contribution in [-0.2, 0) is 11.3 Å². The Bertz CT molecular complexity index is 1180. The van der Waals surface area contributed by atoms with Gasteiger partial charge in [0.05, 0.1) is 11.3 Å². The van der Waals surface area contributed by atoms with E-state index in [0.29, 0.717) is 21.6 Å². The predicted octanol–water partition coefficient (Wildman–Crippen LogP) is 5.12. The van der Waals surface area contributed by atoms with Crippen molar-refractivity contribution in [2.24, 2.45) is 0 Å². The average Bonchev–Trinajstić information content (AvgIpc) is 3.54. The smallest absolute Gasteiger partial charge is 0.348 e. The highest BCUT2D eigenvalue weighted by molar-refractivity contribution is 7.18. The van der Waals surface area contributed by atoms with Gasteiger partial charge >= 0.3 is 5.97 Å². The lowest BCUT2D eigenvalue weighted by Gasteiger charge is -2.04. The third kappa shape index (κ3) is 4.89. The number of benzene rings is 1. The lowest BCUT2D eigenvalue weighted by atomic mass is 10.0. The van der Waals surface area contributed by atoms with Gasteiger partial charge < -0.3 is 19.0 Å². The van der Waals surface area contributed by atoms with E-state index in [9.17, 15) is 9.59 Å². The minimum absolute atomic E-state index is 0.151. The van der Waals surface area contributed by atoms with Gasteiger partial charge in [-0.3, -0.25) is 4.79 Å². The van der Waals surface area contributed by atoms with Crippen LogP contribution in [0.4, 0.5) is 5.00 Å². The number of ether oxygens (including phenoxy) is 1. The molecule has 31 heavy (non-hydrogen) atoms. The number of esters is 1. The summed E-state index contributed by atoms with van der Waals surface area (Å²) in [5.74, 6) is 0.296. The zero-order valence-corrected chi connectivity index (χ0v) is 17.6. The number of furan rings is 1. The van der Waals surface area contributed by atoms with Crippen LogP contribution in [-0.4, -0.2) is 22.0 Å². The van der Waals surface area contributed by atoms with Crippen LogP contribution in [0.2, 0.25) is 0 Å². The van der Waals surface area contributed by atoms with Crippen LogP contribution in [0, 0.1) is 0 Å². The van der Waals surface area contributed by atoms with Gasteiger partial charge in [0.2, 0.25) is 5.82 Å². The Hall–Kier alpha value is -3.72. The second kappa shape index (κ2) is 8.97. The molecule has 4 aromatic rings. The summed E-state index contributed by atoms with van der Waals surface area (Å²) in [6, 6.07) is 14.3. The van der Waals surface area contributed by atoms with Gasteiger partial charge in [-0.2, -0.15) is 4.98 Å². The first-order valence-corrected chi connectivity index (χ1v) is 10.4. The van der Waals surface area contributed by atoms with E-state index in [1.165, 1.54) is 11.8 Å². The molecule has 0 aliphatic carbocycles. The van der Waals surface area contributed by atoms with Crippen LogP contribution in [0.3, 0.4) is 0 Å². The Morgan fingerprint density at radius 1 is 1.13 bits per heavy atom. The number of nitrogens with one attached hydrogen (secondary N) is 1. The Morgan fingerprint density at radius 2 is 1.94 bits per heavy atom. The van der Waals surface area contributed by atoms with Crippen molar-refractivity contribution in [1.29, 1.82) is 0 Å². The number of amides is 1. The fourth-order valence-corrected chi connectivity index (χ4v) is 3.54. The van der Waals surface area contributed by atoms with Gasteiger partial charge in [-0.25, -0.2) is 4.79 Å². The molecule has 8 nitrogen and oxygen atoms in total. The van der Waals surface area contributed by atoms with E-state index in [1.807, 2.05) is 24.3 Å². The predicted molar refractivity (Wildman–Crippen MR) is 114 cm³/mol. The maximum atomic E-state index is 12.3. The second-order valence-corrected chi connectivity index (χ2v) is 8.04. The number of rotatable bonds is 7. The van der Waals surface area contributed by atoms with Crippen molar-refractivity contribution in [3.63, 3.8) is 0 Å². The van der Waals surface area contributed by atoms with Crippen molar-refractivity contribution in [1.82, 2.24) is 10.1 Å². The van der Waals surface area contributed by atoms with E-state index >= 15 is 0 Å². The number of aromatic nitrogens is 2. The van der Waals surface area contributed by atoms with Crippen molar-refractivity contribution in [3.05, 3.63) is 76.9 Å². The van der Waals surface area contributed by atoms with E-state index < -0.39 is 11.9 Å². The first-order chi connectivity index (χ1) is 15.0. The van der Waals surface area contributed by atoms with Gasteiger partial charge in [-0.1, -0.05) is 43.3 Å². The fourth-order valence-electron chi connectivity index (χ4n) is 2.74. The molecule has 0 unspecified atom stereocenters. The Labute approximate surface area is 181 Å². The summed E-state index contributed by atoms with van der Waals surface area (Å²) in [6.07, 6.45) is 1.41. The standard InChI is InChI=1S/C22H19N3O5S/c1-13(2)14-5-7-15(8-6-14)20-23-18(30-25-20)12-29-22(27)17-9-10-19(31-17)24-21(26)16-4-3-11-28-16/h3-11,13H,12H2,1-2H3,(H,24,26). The molecule has 1 amide bonds. The quantitative estimate of drug-likeness (QED) is 0.400. The highest BCUT2D eigenvalue weighted by atomic mass is 32.1. The molecule has 0 aliphatic rings. The number of thiophene rings is 1. The third-order valence-corrected chi connectivity index (χ3v) is 5.40. The van der Waals surface area contributed by atoms with E-state index in [4.69, 9.17) is 13.7 Å². The molecule has 0 bridgehead atoms. The first-order valence-electron chi connectivity index (χ1n) is 9.54. The molecule has 9 heteroatoms. The van der Waals surface area contributed by atoms with Crippen molar-refractivity contribution >= 4 is 28.2 Å². The molecule has 0 saturated heterocycles. The lowest BCUT2D eigenvalue weighted by Crippen LogP contribution is -2.09. The molecule has 3 heterocycles. The number of nitrogens with zero attached hydrogens (tertiary/aromatic N) is 2. The molecule has 158 valence electrons. The molecule has 0 fully saturated rings. The summed E-state index contributed by atoms with van der Waals surface area (Å²) in [6.45, 7) is 4.10. The van der Waals surface area contributed by atoms with Gasteiger partial charge in [-0.05, 0) is 35.7 Å². The minimum Gasteiger partial charge on any atom is -0.459 e. The molecule has 0 spiro atoms. The molecule has 4 rings (SSSR count). The normalized spacial score (nSPS) is 10.9. The second-order valence-electron chi connectivity index (χ2n) is 6.96. The molecular formula is C22H19N3O5S. The molecule has 0 atom stereocenters. The number of hydrogen-bond donors (Lipinski definition) is 1. The van der Waals surface area contributed by atoms with Crippen LogP contribution in [0.25, 0.3) is 11.4 Å². The monoisotopic (exact) mass is 437 g/mol. The van der Waals surface area contributed by atoms with Gasteiger partial charge in [0.15, 0.2) is 12.4 Å².